The third-order valence-corrected chi connectivity index (χ3v) is 2.95. The Labute approximate surface area is 143 Å². The number of aliphatic hydroxyl groups excluding tert-OH is 1. The minimum Gasteiger partial charge on any atom is -0.444 e. The Kier molecular flexibility index (Phi) is 6.80. The van der Waals surface area contributed by atoms with Crippen LogP contribution in [-0.2, 0) is 15.7 Å². The highest BCUT2D eigenvalue weighted by molar-refractivity contribution is 5.77. The van der Waals surface area contributed by atoms with E-state index in [-0.39, 0.29) is 12.1 Å². The summed E-state index contributed by atoms with van der Waals surface area (Å²) in [6.07, 6.45) is -5.38. The predicted octanol–water partition coefficient (Wildman–Crippen LogP) is 2.38. The molecule has 25 heavy (non-hydrogen) atoms. The third-order valence-electron chi connectivity index (χ3n) is 2.95. The Balaban J connectivity index is 3.01. The van der Waals surface area contributed by atoms with Gasteiger partial charge in [-0.2, -0.15) is 13.2 Å². The first-order valence-corrected chi connectivity index (χ1v) is 7.46. The maximum absolute atomic E-state index is 12.9. The SMILES string of the molecule is CC(C)(C)OC(=O)N[C@@H](CNC(=O)CO)c1cccc(C(F)(F)F)c1. The van der Waals surface area contributed by atoms with Crippen molar-refractivity contribution in [2.45, 2.75) is 38.6 Å². The van der Waals surface area contributed by atoms with Gasteiger partial charge in [0, 0.05) is 6.54 Å². The number of rotatable bonds is 5. The zero-order chi connectivity index (χ0) is 19.3. The van der Waals surface area contributed by atoms with Crippen molar-refractivity contribution in [1.82, 2.24) is 10.6 Å². The molecule has 1 rings (SSSR count). The fraction of sp³-hybridized carbons (Fsp3) is 0.500. The van der Waals surface area contributed by atoms with E-state index in [2.05, 4.69) is 10.6 Å². The summed E-state index contributed by atoms with van der Waals surface area (Å²) in [5.41, 5.74) is -1.54. The summed E-state index contributed by atoms with van der Waals surface area (Å²) in [5.74, 6) is -0.719. The molecule has 0 saturated carbocycles. The molecule has 1 aromatic rings. The molecular weight excluding hydrogens is 341 g/mol. The summed E-state index contributed by atoms with van der Waals surface area (Å²) in [7, 11) is 0. The van der Waals surface area contributed by atoms with Crippen LogP contribution in [0.15, 0.2) is 24.3 Å². The number of nitrogens with one attached hydrogen (secondary N) is 2. The molecule has 0 radical (unpaired) electrons. The Bertz CT molecular complexity index is 612. The second-order valence-corrected chi connectivity index (χ2v) is 6.28. The standard InChI is InChI=1S/C16H21F3N2O4/c1-15(2,3)25-14(24)21-12(8-20-13(23)9-22)10-5-4-6-11(7-10)16(17,18)19/h4-7,12,22H,8-9H2,1-3H3,(H,20,23)(H,21,24)/t12-/m0/s1. The van der Waals surface area contributed by atoms with E-state index in [0.717, 1.165) is 12.1 Å². The molecule has 2 amide bonds. The number of ether oxygens (including phenoxy) is 1. The molecule has 1 atom stereocenters. The lowest BCUT2D eigenvalue weighted by Crippen LogP contribution is -2.41. The maximum atomic E-state index is 12.9. The number of alkyl carbamates (subject to hydrolysis) is 1. The van der Waals surface area contributed by atoms with Crippen molar-refractivity contribution >= 4 is 12.0 Å². The topological polar surface area (TPSA) is 87.7 Å². The molecule has 0 heterocycles. The van der Waals surface area contributed by atoms with Crippen molar-refractivity contribution in [1.29, 1.82) is 0 Å². The molecular formula is C16H21F3N2O4. The van der Waals surface area contributed by atoms with Crippen LogP contribution >= 0.6 is 0 Å². The van der Waals surface area contributed by atoms with Crippen LogP contribution in [0.2, 0.25) is 0 Å². The number of alkyl halides is 3. The van der Waals surface area contributed by atoms with Gasteiger partial charge in [-0.05, 0) is 38.5 Å². The zero-order valence-electron chi connectivity index (χ0n) is 14.1. The van der Waals surface area contributed by atoms with Crippen molar-refractivity contribution in [3.05, 3.63) is 35.4 Å². The van der Waals surface area contributed by atoms with E-state index in [1.807, 2.05) is 0 Å². The van der Waals surface area contributed by atoms with Crippen LogP contribution in [0.25, 0.3) is 0 Å². The maximum Gasteiger partial charge on any atom is 0.416 e. The van der Waals surface area contributed by atoms with Gasteiger partial charge in [0.15, 0.2) is 0 Å². The molecule has 3 N–H and O–H groups in total. The predicted molar refractivity (Wildman–Crippen MR) is 83.7 cm³/mol. The van der Waals surface area contributed by atoms with E-state index in [4.69, 9.17) is 9.84 Å². The van der Waals surface area contributed by atoms with Crippen LogP contribution in [0.3, 0.4) is 0 Å². The van der Waals surface area contributed by atoms with E-state index in [1.165, 1.54) is 12.1 Å². The smallest absolute Gasteiger partial charge is 0.416 e. The van der Waals surface area contributed by atoms with Crippen molar-refractivity contribution in [3.63, 3.8) is 0 Å². The van der Waals surface area contributed by atoms with Crippen LogP contribution in [0, 0.1) is 0 Å². The number of amides is 2. The number of hydrogen-bond acceptors (Lipinski definition) is 4. The number of carbonyl (C=O) groups is 2. The first kappa shape index (κ1) is 20.8. The Morgan fingerprint density at radius 2 is 1.88 bits per heavy atom. The molecule has 0 saturated heterocycles. The monoisotopic (exact) mass is 362 g/mol. The molecule has 140 valence electrons. The molecule has 0 spiro atoms. The van der Waals surface area contributed by atoms with Crippen molar-refractivity contribution in [3.8, 4) is 0 Å². The molecule has 0 aromatic heterocycles. The second kappa shape index (κ2) is 8.19. The highest BCUT2D eigenvalue weighted by atomic mass is 19.4. The van der Waals surface area contributed by atoms with E-state index in [0.29, 0.717) is 0 Å². The van der Waals surface area contributed by atoms with Gasteiger partial charge < -0.3 is 20.5 Å². The minimum atomic E-state index is -4.54. The van der Waals surface area contributed by atoms with Crippen LogP contribution in [0.1, 0.15) is 37.9 Å². The van der Waals surface area contributed by atoms with Crippen LogP contribution in [0.4, 0.5) is 18.0 Å². The number of carbonyl (C=O) groups excluding carboxylic acids is 2. The summed E-state index contributed by atoms with van der Waals surface area (Å²) in [6.45, 7) is 3.93. The third kappa shape index (κ3) is 7.42. The number of hydrogen-bond donors (Lipinski definition) is 3. The number of aliphatic hydroxyl groups is 1. The van der Waals surface area contributed by atoms with E-state index in [1.54, 1.807) is 20.8 Å². The fourth-order valence-electron chi connectivity index (χ4n) is 1.91. The normalized spacial score (nSPS) is 13.1. The van der Waals surface area contributed by atoms with Gasteiger partial charge in [-0.3, -0.25) is 4.79 Å². The first-order chi connectivity index (χ1) is 11.4. The fourth-order valence-corrected chi connectivity index (χ4v) is 1.91. The lowest BCUT2D eigenvalue weighted by molar-refractivity contribution is -0.137. The number of benzene rings is 1. The van der Waals surface area contributed by atoms with E-state index in [9.17, 15) is 22.8 Å². The Morgan fingerprint density at radius 1 is 1.24 bits per heavy atom. The summed E-state index contributed by atoms with van der Waals surface area (Å²) in [6, 6.07) is 3.42. The average Bonchev–Trinajstić information content (AvgIpc) is 2.48. The highest BCUT2D eigenvalue weighted by Gasteiger charge is 2.31. The van der Waals surface area contributed by atoms with Crippen LogP contribution in [0.5, 0.6) is 0 Å². The van der Waals surface area contributed by atoms with E-state index < -0.39 is 42.0 Å². The highest BCUT2D eigenvalue weighted by Crippen LogP contribution is 2.30. The van der Waals surface area contributed by atoms with Gasteiger partial charge >= 0.3 is 12.3 Å². The molecule has 0 aliphatic carbocycles. The van der Waals surface area contributed by atoms with E-state index >= 15 is 0 Å². The summed E-state index contributed by atoms with van der Waals surface area (Å²) in [5, 5.41) is 13.5. The molecule has 1 aromatic carbocycles. The zero-order valence-corrected chi connectivity index (χ0v) is 14.1. The van der Waals surface area contributed by atoms with Crippen LogP contribution < -0.4 is 10.6 Å². The number of halogens is 3. The van der Waals surface area contributed by atoms with Crippen molar-refractivity contribution < 1.29 is 32.6 Å². The molecule has 0 unspecified atom stereocenters. The second-order valence-electron chi connectivity index (χ2n) is 6.28. The molecule has 0 bridgehead atoms. The van der Waals surface area contributed by atoms with Gasteiger partial charge in [-0.15, -0.1) is 0 Å². The molecule has 0 aliphatic heterocycles. The average molecular weight is 362 g/mol. The summed E-state index contributed by atoms with van der Waals surface area (Å²) in [4.78, 5) is 23.1. The van der Waals surface area contributed by atoms with Gasteiger partial charge in [-0.1, -0.05) is 12.1 Å². The van der Waals surface area contributed by atoms with Gasteiger partial charge in [0.05, 0.1) is 11.6 Å². The largest absolute Gasteiger partial charge is 0.444 e. The lowest BCUT2D eigenvalue weighted by atomic mass is 10.0. The van der Waals surface area contributed by atoms with Crippen molar-refractivity contribution in [2.24, 2.45) is 0 Å². The Hall–Kier alpha value is -2.29. The lowest BCUT2D eigenvalue weighted by Gasteiger charge is -2.24. The summed E-state index contributed by atoms with van der Waals surface area (Å²) < 4.78 is 43.7. The van der Waals surface area contributed by atoms with Crippen molar-refractivity contribution in [2.75, 3.05) is 13.2 Å². The quantitative estimate of drug-likeness (QED) is 0.751. The summed E-state index contributed by atoms with van der Waals surface area (Å²) >= 11 is 0. The first-order valence-electron chi connectivity index (χ1n) is 7.46. The van der Waals surface area contributed by atoms with Gasteiger partial charge in [0.2, 0.25) is 5.91 Å². The molecule has 9 heteroatoms. The Morgan fingerprint density at radius 3 is 2.40 bits per heavy atom. The van der Waals surface area contributed by atoms with Gasteiger partial charge in [0.1, 0.15) is 12.2 Å². The van der Waals surface area contributed by atoms with Gasteiger partial charge in [0.25, 0.3) is 0 Å². The molecule has 0 aliphatic rings. The molecule has 6 nitrogen and oxygen atoms in total. The minimum absolute atomic E-state index is 0.138. The molecule has 0 fully saturated rings. The van der Waals surface area contributed by atoms with Crippen LogP contribution in [-0.4, -0.2) is 35.9 Å². The van der Waals surface area contributed by atoms with Gasteiger partial charge in [-0.25, -0.2) is 4.79 Å².